The number of carboxylic acid groups (broad SMARTS) is 1. The molecule has 4 rings (SSSR count). The lowest BCUT2D eigenvalue weighted by Gasteiger charge is -2.26. The summed E-state index contributed by atoms with van der Waals surface area (Å²) in [5.41, 5.74) is 2.06. The first kappa shape index (κ1) is 21.2. The Labute approximate surface area is 182 Å². The number of hydrogen-bond acceptors (Lipinski definition) is 4. The number of aryl methyl sites for hydroxylation is 1. The van der Waals surface area contributed by atoms with E-state index in [1.165, 1.54) is 5.01 Å². The van der Waals surface area contributed by atoms with Crippen molar-refractivity contribution in [3.8, 4) is 0 Å². The predicted octanol–water partition coefficient (Wildman–Crippen LogP) is 4.26. The van der Waals surface area contributed by atoms with Crippen molar-refractivity contribution in [2.24, 2.45) is 16.9 Å². The van der Waals surface area contributed by atoms with Gasteiger partial charge in [0.2, 0.25) is 0 Å². The Hall–Kier alpha value is -2.99. The number of hydrazone groups is 1. The highest BCUT2D eigenvalue weighted by Gasteiger charge is 2.47. The van der Waals surface area contributed by atoms with E-state index >= 15 is 0 Å². The second-order valence-electron chi connectivity index (χ2n) is 8.22. The fourth-order valence-electron chi connectivity index (χ4n) is 4.71. The molecule has 2 saturated heterocycles. The highest BCUT2D eigenvalue weighted by Crippen LogP contribution is 2.44. The topological polar surface area (TPSA) is 79.2 Å². The summed E-state index contributed by atoms with van der Waals surface area (Å²) in [5.74, 6) is -0.463. The molecule has 0 spiro atoms. The summed E-state index contributed by atoms with van der Waals surface area (Å²) in [6.07, 6.45) is 6.23. The van der Waals surface area contributed by atoms with Gasteiger partial charge in [-0.2, -0.15) is 5.10 Å². The Morgan fingerprint density at radius 2 is 1.77 bits per heavy atom. The van der Waals surface area contributed by atoms with Crippen LogP contribution in [0, 0.1) is 11.8 Å². The summed E-state index contributed by atoms with van der Waals surface area (Å²) in [6, 6.07) is 16.3. The van der Waals surface area contributed by atoms with Gasteiger partial charge in [0.1, 0.15) is 0 Å². The largest absolute Gasteiger partial charge is 0.478 e. The zero-order valence-corrected chi connectivity index (χ0v) is 17.7. The molecule has 1 N–H and O–H groups in total. The molecule has 2 aromatic carbocycles. The Balaban J connectivity index is 1.42. The molecule has 0 saturated carbocycles. The average molecular weight is 421 g/mol. The Morgan fingerprint density at radius 3 is 2.45 bits per heavy atom. The van der Waals surface area contributed by atoms with Crippen molar-refractivity contribution in [3.05, 3.63) is 71.3 Å². The molecule has 6 nitrogen and oxygen atoms in total. The highest BCUT2D eigenvalue weighted by atomic mass is 16.5. The maximum atomic E-state index is 12.7. The van der Waals surface area contributed by atoms with Crippen LogP contribution >= 0.6 is 0 Å². The molecule has 0 aromatic heterocycles. The van der Waals surface area contributed by atoms with Gasteiger partial charge in [-0.25, -0.2) is 9.80 Å². The van der Waals surface area contributed by atoms with E-state index in [1.54, 1.807) is 24.3 Å². The zero-order valence-electron chi connectivity index (χ0n) is 17.7. The third-order valence-electron chi connectivity index (χ3n) is 6.39. The Kier molecular flexibility index (Phi) is 6.47. The van der Waals surface area contributed by atoms with Gasteiger partial charge in [-0.1, -0.05) is 30.3 Å². The van der Waals surface area contributed by atoms with Crippen LogP contribution in [-0.4, -0.2) is 47.0 Å². The van der Waals surface area contributed by atoms with Crippen molar-refractivity contribution >= 4 is 18.1 Å². The number of carboxylic acids is 1. The van der Waals surface area contributed by atoms with E-state index in [0.29, 0.717) is 23.6 Å². The molecule has 2 aliphatic rings. The van der Waals surface area contributed by atoms with E-state index in [1.807, 2.05) is 43.5 Å². The van der Waals surface area contributed by atoms with Crippen molar-refractivity contribution in [3.63, 3.8) is 0 Å². The van der Waals surface area contributed by atoms with Crippen molar-refractivity contribution in [1.82, 2.24) is 5.01 Å². The van der Waals surface area contributed by atoms with E-state index in [-0.39, 0.29) is 24.0 Å². The number of nitrogens with zero attached hydrogens (tertiary/aromatic N) is 2. The maximum Gasteiger partial charge on any atom is 0.335 e. The molecule has 2 aliphatic heterocycles. The predicted molar refractivity (Wildman–Crippen MR) is 118 cm³/mol. The number of amides is 1. The number of carbonyl (C=O) groups excluding carboxylic acids is 1. The zero-order chi connectivity index (χ0) is 21.8. The summed E-state index contributed by atoms with van der Waals surface area (Å²) in [5, 5.41) is 15.1. The molecule has 0 aliphatic carbocycles. The van der Waals surface area contributed by atoms with Crippen LogP contribution in [0.4, 0.5) is 0 Å². The van der Waals surface area contributed by atoms with E-state index < -0.39 is 5.97 Å². The standard InChI is InChI=1S/C25H28N2O4/c1-2-27(24(28)18-6-4-3-5-7-18)26-16-21-20(22-14-15-23(21)31-22)13-10-17-8-11-19(12-9-17)25(29)30/h3-9,11-12,16,20-23H,2,10,13-15H2,1H3,(H,29,30)/t20-,21+,22-,23+/m1/s1. The third-order valence-corrected chi connectivity index (χ3v) is 6.39. The van der Waals surface area contributed by atoms with Crippen LogP contribution in [0.2, 0.25) is 0 Å². The number of carbonyl (C=O) groups is 2. The highest BCUT2D eigenvalue weighted by molar-refractivity contribution is 5.94. The lowest BCUT2D eigenvalue weighted by molar-refractivity contribution is 0.0696. The average Bonchev–Trinajstić information content (AvgIpc) is 3.40. The van der Waals surface area contributed by atoms with Crippen LogP contribution in [0.3, 0.4) is 0 Å². The molecule has 2 fully saturated rings. The number of aromatic carboxylic acids is 1. The minimum Gasteiger partial charge on any atom is -0.478 e. The number of hydrogen-bond donors (Lipinski definition) is 1. The molecule has 0 unspecified atom stereocenters. The maximum absolute atomic E-state index is 12.7. The number of benzene rings is 2. The number of ether oxygens (including phenoxy) is 1. The van der Waals surface area contributed by atoms with Gasteiger partial charge in [0.25, 0.3) is 5.91 Å². The van der Waals surface area contributed by atoms with Gasteiger partial charge < -0.3 is 9.84 Å². The van der Waals surface area contributed by atoms with Crippen molar-refractivity contribution in [2.75, 3.05) is 6.54 Å². The smallest absolute Gasteiger partial charge is 0.335 e. The monoisotopic (exact) mass is 420 g/mol. The molecule has 0 radical (unpaired) electrons. The number of rotatable bonds is 8. The van der Waals surface area contributed by atoms with Gasteiger partial charge in [0.05, 0.1) is 17.8 Å². The van der Waals surface area contributed by atoms with Gasteiger partial charge in [-0.3, -0.25) is 4.79 Å². The Morgan fingerprint density at radius 1 is 1.06 bits per heavy atom. The van der Waals surface area contributed by atoms with Crippen molar-refractivity contribution < 1.29 is 19.4 Å². The van der Waals surface area contributed by atoms with E-state index in [4.69, 9.17) is 9.84 Å². The lowest BCUT2D eigenvalue weighted by Crippen LogP contribution is -2.31. The molecule has 2 bridgehead atoms. The van der Waals surface area contributed by atoms with Crippen LogP contribution in [0.1, 0.15) is 52.5 Å². The molecular formula is C25H28N2O4. The molecule has 1 amide bonds. The first-order chi connectivity index (χ1) is 15.1. The first-order valence-corrected chi connectivity index (χ1v) is 11.0. The van der Waals surface area contributed by atoms with Crippen LogP contribution in [-0.2, 0) is 11.2 Å². The fourth-order valence-corrected chi connectivity index (χ4v) is 4.71. The van der Waals surface area contributed by atoms with Gasteiger partial charge in [0, 0.05) is 24.2 Å². The van der Waals surface area contributed by atoms with Crippen LogP contribution in [0.5, 0.6) is 0 Å². The molecule has 2 aromatic rings. The summed E-state index contributed by atoms with van der Waals surface area (Å²) in [6.45, 7) is 2.43. The lowest BCUT2D eigenvalue weighted by atomic mass is 9.77. The molecule has 4 atom stereocenters. The molecule has 6 heteroatoms. The van der Waals surface area contributed by atoms with E-state index in [9.17, 15) is 9.59 Å². The van der Waals surface area contributed by atoms with Crippen molar-refractivity contribution in [1.29, 1.82) is 0 Å². The SMILES string of the molecule is CCN(N=C[C@H]1[C@@H](CCc2ccc(C(=O)O)cc2)[C@H]2CC[C@@H]1O2)C(=O)c1ccccc1. The van der Waals surface area contributed by atoms with Gasteiger partial charge >= 0.3 is 5.97 Å². The van der Waals surface area contributed by atoms with E-state index in [2.05, 4.69) is 5.10 Å². The first-order valence-electron chi connectivity index (χ1n) is 11.0. The van der Waals surface area contributed by atoms with Gasteiger partial charge in [-0.15, -0.1) is 0 Å². The minimum atomic E-state index is -0.908. The summed E-state index contributed by atoms with van der Waals surface area (Å²) in [7, 11) is 0. The van der Waals surface area contributed by atoms with E-state index in [0.717, 1.165) is 31.2 Å². The second-order valence-corrected chi connectivity index (χ2v) is 8.22. The fraction of sp³-hybridized carbons (Fsp3) is 0.400. The van der Waals surface area contributed by atoms with Crippen molar-refractivity contribution in [2.45, 2.75) is 44.8 Å². The summed E-state index contributed by atoms with van der Waals surface area (Å²) >= 11 is 0. The summed E-state index contributed by atoms with van der Waals surface area (Å²) in [4.78, 5) is 23.8. The van der Waals surface area contributed by atoms with Gasteiger partial charge in [-0.05, 0) is 68.4 Å². The molecule has 2 heterocycles. The summed E-state index contributed by atoms with van der Waals surface area (Å²) < 4.78 is 6.18. The normalized spacial score (nSPS) is 24.5. The molecule has 162 valence electrons. The van der Waals surface area contributed by atoms with Gasteiger partial charge in [0.15, 0.2) is 0 Å². The minimum absolute atomic E-state index is 0.0986. The van der Waals surface area contributed by atoms with Crippen LogP contribution < -0.4 is 0 Å². The Bertz CT molecular complexity index is 942. The third kappa shape index (κ3) is 4.69. The second kappa shape index (κ2) is 9.43. The van der Waals surface area contributed by atoms with Crippen LogP contribution in [0.15, 0.2) is 59.7 Å². The molecular weight excluding hydrogens is 392 g/mol. The molecule has 31 heavy (non-hydrogen) atoms. The quantitative estimate of drug-likeness (QED) is 0.511. The number of fused-ring (bicyclic) bond motifs is 2. The van der Waals surface area contributed by atoms with Crippen LogP contribution in [0.25, 0.3) is 0 Å².